The molecule has 1 saturated heterocycles. The van der Waals surface area contributed by atoms with Crippen molar-refractivity contribution in [2.24, 2.45) is 0 Å². The van der Waals surface area contributed by atoms with Gasteiger partial charge in [0.2, 0.25) is 0 Å². The van der Waals surface area contributed by atoms with Crippen LogP contribution in [0.25, 0.3) is 0 Å². The predicted octanol–water partition coefficient (Wildman–Crippen LogP) is 3.00. The maximum Gasteiger partial charge on any atom is 0.264 e. The molecular weight excluding hydrogens is 420 g/mol. The van der Waals surface area contributed by atoms with Crippen molar-refractivity contribution in [3.63, 3.8) is 0 Å². The molecule has 10 heteroatoms. The molecule has 0 unspecified atom stereocenters. The van der Waals surface area contributed by atoms with Gasteiger partial charge in [-0.25, -0.2) is 18.4 Å². The van der Waals surface area contributed by atoms with E-state index in [1.807, 2.05) is 0 Å². The largest absolute Gasteiger partial charge is 0.504 e. The number of halogens is 2. The summed E-state index contributed by atoms with van der Waals surface area (Å²) in [4.78, 5) is 10.1. The number of rotatable bonds is 4. The lowest BCUT2D eigenvalue weighted by Gasteiger charge is -2.18. The lowest BCUT2D eigenvalue weighted by Crippen LogP contribution is -2.20. The summed E-state index contributed by atoms with van der Waals surface area (Å²) < 4.78 is 27.7. The van der Waals surface area contributed by atoms with Crippen LogP contribution in [0.3, 0.4) is 0 Å². The molecule has 0 amide bonds. The fourth-order valence-electron chi connectivity index (χ4n) is 2.42. The highest BCUT2D eigenvalue weighted by atomic mass is 79.9. The van der Waals surface area contributed by atoms with Crippen LogP contribution in [-0.2, 0) is 10.0 Å². The third-order valence-corrected chi connectivity index (χ3v) is 5.67. The Balaban J connectivity index is 1.88. The number of nitrogens with zero attached hydrogens (tertiary/aromatic N) is 3. The molecule has 0 bridgehead atoms. The minimum absolute atomic E-state index is 0.0338. The topological polar surface area (TPSA) is 95.4 Å². The molecule has 7 nitrogen and oxygen atoms in total. The van der Waals surface area contributed by atoms with Crippen molar-refractivity contribution < 1.29 is 13.5 Å². The molecule has 2 N–H and O–H groups in total. The second-order valence-corrected chi connectivity index (χ2v) is 8.27. The number of aromatic hydroxyl groups is 1. The summed E-state index contributed by atoms with van der Waals surface area (Å²) in [6.45, 7) is 1.80. The van der Waals surface area contributed by atoms with Crippen LogP contribution in [-0.4, -0.2) is 36.6 Å². The van der Waals surface area contributed by atoms with Gasteiger partial charge in [0.05, 0.1) is 9.50 Å². The molecular formula is C14H14BrClN4O3S. The van der Waals surface area contributed by atoms with E-state index >= 15 is 0 Å². The minimum atomic E-state index is -3.94. The SMILES string of the molecule is O=S(=O)(Nc1ncc(Cl)cc1O)c1cnc(N2CCCC2)c(Br)c1. The molecule has 3 heterocycles. The Morgan fingerprint density at radius 2 is 1.92 bits per heavy atom. The fourth-order valence-corrected chi connectivity index (χ4v) is 4.31. The van der Waals surface area contributed by atoms with E-state index in [0.717, 1.165) is 31.7 Å². The van der Waals surface area contributed by atoms with E-state index in [1.54, 1.807) is 0 Å². The Morgan fingerprint density at radius 3 is 2.54 bits per heavy atom. The smallest absolute Gasteiger partial charge is 0.264 e. The molecule has 0 saturated carbocycles. The summed E-state index contributed by atoms with van der Waals surface area (Å²) in [7, 11) is -3.94. The molecule has 1 aliphatic rings. The third-order valence-electron chi connectivity index (χ3n) is 3.58. The monoisotopic (exact) mass is 432 g/mol. The molecule has 128 valence electrons. The number of aromatic nitrogens is 2. The van der Waals surface area contributed by atoms with Crippen molar-refractivity contribution in [3.8, 4) is 5.75 Å². The lowest BCUT2D eigenvalue weighted by atomic mass is 10.4. The summed E-state index contributed by atoms with van der Waals surface area (Å²) >= 11 is 9.07. The Kier molecular flexibility index (Phi) is 4.84. The average Bonchev–Trinajstić information content (AvgIpc) is 3.04. The summed E-state index contributed by atoms with van der Waals surface area (Å²) in [6, 6.07) is 2.69. The quantitative estimate of drug-likeness (QED) is 0.769. The van der Waals surface area contributed by atoms with E-state index in [4.69, 9.17) is 11.6 Å². The molecule has 2 aromatic heterocycles. The first-order valence-electron chi connectivity index (χ1n) is 7.14. The average molecular weight is 434 g/mol. The van der Waals surface area contributed by atoms with E-state index in [1.165, 1.54) is 24.5 Å². The van der Waals surface area contributed by atoms with Crippen molar-refractivity contribution in [1.82, 2.24) is 9.97 Å². The summed E-state index contributed by atoms with van der Waals surface area (Å²) in [6.07, 6.45) is 4.71. The number of anilines is 2. The molecule has 0 atom stereocenters. The van der Waals surface area contributed by atoms with E-state index in [0.29, 0.717) is 4.47 Å². The molecule has 2 aromatic rings. The number of pyridine rings is 2. The second-order valence-electron chi connectivity index (χ2n) is 5.30. The van der Waals surface area contributed by atoms with Gasteiger partial charge in [0.25, 0.3) is 10.0 Å². The van der Waals surface area contributed by atoms with Gasteiger partial charge < -0.3 is 10.0 Å². The van der Waals surface area contributed by atoms with Gasteiger partial charge >= 0.3 is 0 Å². The van der Waals surface area contributed by atoms with Crippen LogP contribution in [0.1, 0.15) is 12.8 Å². The Bertz CT molecular complexity index is 872. The van der Waals surface area contributed by atoms with E-state index < -0.39 is 10.0 Å². The van der Waals surface area contributed by atoms with Crippen LogP contribution in [0.4, 0.5) is 11.6 Å². The van der Waals surface area contributed by atoms with Crippen LogP contribution in [0, 0.1) is 0 Å². The molecule has 0 radical (unpaired) electrons. The lowest BCUT2D eigenvalue weighted by molar-refractivity contribution is 0.475. The predicted molar refractivity (Wildman–Crippen MR) is 95.1 cm³/mol. The van der Waals surface area contributed by atoms with Crippen LogP contribution < -0.4 is 9.62 Å². The number of hydrogen-bond donors (Lipinski definition) is 2. The van der Waals surface area contributed by atoms with Crippen molar-refractivity contribution in [1.29, 1.82) is 0 Å². The molecule has 0 aromatic carbocycles. The van der Waals surface area contributed by atoms with Gasteiger partial charge in [-0.1, -0.05) is 11.6 Å². The minimum Gasteiger partial charge on any atom is -0.504 e. The first kappa shape index (κ1) is 17.2. The maximum absolute atomic E-state index is 12.5. The van der Waals surface area contributed by atoms with Crippen molar-refractivity contribution in [3.05, 3.63) is 34.0 Å². The number of nitrogens with one attached hydrogen (secondary N) is 1. The maximum atomic E-state index is 12.5. The van der Waals surface area contributed by atoms with Gasteiger partial charge in [-0.15, -0.1) is 0 Å². The van der Waals surface area contributed by atoms with Crippen molar-refractivity contribution in [2.75, 3.05) is 22.7 Å². The zero-order chi connectivity index (χ0) is 17.3. The number of sulfonamides is 1. The Morgan fingerprint density at radius 1 is 1.21 bits per heavy atom. The van der Waals surface area contributed by atoms with Crippen LogP contribution in [0.15, 0.2) is 33.9 Å². The summed E-state index contributed by atoms with van der Waals surface area (Å²) in [5.74, 6) is 0.171. The first-order valence-corrected chi connectivity index (χ1v) is 9.80. The van der Waals surface area contributed by atoms with Crippen LogP contribution in [0.5, 0.6) is 5.75 Å². The second kappa shape index (κ2) is 6.73. The number of hydrogen-bond acceptors (Lipinski definition) is 6. The normalized spacial score (nSPS) is 14.8. The van der Waals surface area contributed by atoms with Gasteiger partial charge in [-0.3, -0.25) is 4.72 Å². The molecule has 3 rings (SSSR count). The molecule has 24 heavy (non-hydrogen) atoms. The molecule has 0 spiro atoms. The standard InChI is InChI=1S/C14H14BrClN4O3S/c15-11-6-10(8-18-14(11)20-3-1-2-4-20)24(22,23)19-13-12(21)5-9(16)7-17-13/h5-8,21H,1-4H2,(H,17,19). The van der Waals surface area contributed by atoms with Crippen LogP contribution in [0.2, 0.25) is 5.02 Å². The van der Waals surface area contributed by atoms with Gasteiger partial charge in [-0.05, 0) is 34.8 Å². The highest BCUT2D eigenvalue weighted by Gasteiger charge is 2.22. The van der Waals surface area contributed by atoms with Gasteiger partial charge in [0.15, 0.2) is 11.6 Å². The molecule has 1 fully saturated rings. The van der Waals surface area contributed by atoms with E-state index in [-0.39, 0.29) is 21.5 Å². The van der Waals surface area contributed by atoms with Crippen molar-refractivity contribution in [2.45, 2.75) is 17.7 Å². The third kappa shape index (κ3) is 3.57. The van der Waals surface area contributed by atoms with E-state index in [2.05, 4.69) is 35.5 Å². The Labute approximate surface area is 152 Å². The molecule has 0 aliphatic carbocycles. The van der Waals surface area contributed by atoms with Gasteiger partial charge in [0, 0.05) is 31.5 Å². The van der Waals surface area contributed by atoms with Crippen molar-refractivity contribution >= 4 is 49.2 Å². The zero-order valence-corrected chi connectivity index (χ0v) is 15.6. The Hall–Kier alpha value is -1.58. The highest BCUT2D eigenvalue weighted by Crippen LogP contribution is 2.30. The van der Waals surface area contributed by atoms with Gasteiger partial charge in [0.1, 0.15) is 10.7 Å². The highest BCUT2D eigenvalue weighted by molar-refractivity contribution is 9.10. The van der Waals surface area contributed by atoms with Crippen LogP contribution >= 0.6 is 27.5 Å². The van der Waals surface area contributed by atoms with Gasteiger partial charge in [-0.2, -0.15) is 0 Å². The summed E-state index contributed by atoms with van der Waals surface area (Å²) in [5.41, 5.74) is 0. The fraction of sp³-hybridized carbons (Fsp3) is 0.286. The first-order chi connectivity index (χ1) is 11.4. The van der Waals surface area contributed by atoms with E-state index in [9.17, 15) is 13.5 Å². The summed E-state index contributed by atoms with van der Waals surface area (Å²) in [5, 5.41) is 9.94. The molecule has 1 aliphatic heterocycles. The zero-order valence-electron chi connectivity index (χ0n) is 12.4.